The van der Waals surface area contributed by atoms with Gasteiger partial charge in [0, 0.05) is 28.4 Å². The number of aryl methyl sites for hydroxylation is 4. The highest BCUT2D eigenvalue weighted by Gasteiger charge is 2.20. The minimum atomic E-state index is -0.707. The summed E-state index contributed by atoms with van der Waals surface area (Å²) in [6, 6.07) is 22.5. The maximum absolute atomic E-state index is 11.7. The summed E-state index contributed by atoms with van der Waals surface area (Å²) in [5.74, 6) is 1.63. The normalized spacial score (nSPS) is 12.9. The second kappa shape index (κ2) is 23.0. The van der Waals surface area contributed by atoms with Crippen molar-refractivity contribution in [3.05, 3.63) is 105 Å². The Morgan fingerprint density at radius 2 is 1.48 bits per heavy atom. The molecule has 2 unspecified atom stereocenters. The first-order valence-corrected chi connectivity index (χ1v) is 18.0. The summed E-state index contributed by atoms with van der Waals surface area (Å²) in [6.07, 6.45) is 6.09. The third kappa shape index (κ3) is 15.2. The number of aromatic amines is 1. The molecule has 4 aromatic rings. The number of carbonyl (C=O) groups excluding carboxylic acids is 2. The first kappa shape index (κ1) is 42.6. The van der Waals surface area contributed by atoms with Crippen LogP contribution in [0.3, 0.4) is 0 Å². The summed E-state index contributed by atoms with van der Waals surface area (Å²) in [6.45, 7) is 21.3. The Kier molecular flexibility index (Phi) is 20.4. The number of aliphatic hydroxyl groups excluding tert-OH is 1. The molecule has 0 radical (unpaired) electrons. The highest BCUT2D eigenvalue weighted by atomic mass is 35.5. The largest absolute Gasteiger partial charge is 0.382 e. The minimum absolute atomic E-state index is 0.0215. The molecule has 1 saturated carbocycles. The van der Waals surface area contributed by atoms with E-state index in [9.17, 15) is 9.90 Å². The number of hydrogen-bond acceptors (Lipinski definition) is 3. The molecule has 0 spiro atoms. The van der Waals surface area contributed by atoms with Gasteiger partial charge in [0.1, 0.15) is 12.9 Å². The van der Waals surface area contributed by atoms with Gasteiger partial charge in [0.05, 0.1) is 5.69 Å². The number of carbonyl (C=O) groups is 2. The van der Waals surface area contributed by atoms with Crippen molar-refractivity contribution < 1.29 is 14.7 Å². The van der Waals surface area contributed by atoms with Gasteiger partial charge in [-0.2, -0.15) is 0 Å². The van der Waals surface area contributed by atoms with Crippen molar-refractivity contribution >= 4 is 35.2 Å². The molecule has 1 aliphatic carbocycles. The maximum atomic E-state index is 11.7. The predicted octanol–water partition coefficient (Wildman–Crippen LogP) is 10.8. The van der Waals surface area contributed by atoms with Gasteiger partial charge in [0.25, 0.3) is 0 Å². The van der Waals surface area contributed by atoms with Crippen LogP contribution in [0.4, 0.5) is 0 Å². The van der Waals surface area contributed by atoms with Gasteiger partial charge in [-0.15, -0.1) is 0 Å². The lowest BCUT2D eigenvalue weighted by molar-refractivity contribution is -0.124. The third-order valence-corrected chi connectivity index (χ3v) is 8.36. The van der Waals surface area contributed by atoms with Crippen LogP contribution in [-0.4, -0.2) is 29.3 Å². The zero-order valence-electron chi connectivity index (χ0n) is 31.0. The molecule has 2 atom stereocenters. The van der Waals surface area contributed by atoms with E-state index in [0.717, 1.165) is 59.3 Å². The van der Waals surface area contributed by atoms with E-state index in [1.807, 2.05) is 64.8 Å². The average Bonchev–Trinajstić information content (AvgIpc) is 3.81. The Labute approximate surface area is 295 Å². The van der Waals surface area contributed by atoms with Crippen LogP contribution in [0.1, 0.15) is 114 Å². The summed E-state index contributed by atoms with van der Waals surface area (Å²) in [5.41, 5.74) is 7.76. The molecule has 1 aliphatic rings. The molecule has 48 heavy (non-hydrogen) atoms. The zero-order valence-corrected chi connectivity index (χ0v) is 31.7. The number of H-pyrrole nitrogens is 1. The molecule has 1 fully saturated rings. The van der Waals surface area contributed by atoms with E-state index in [1.165, 1.54) is 29.5 Å². The van der Waals surface area contributed by atoms with Gasteiger partial charge in [0.2, 0.25) is 5.91 Å². The van der Waals surface area contributed by atoms with Crippen LogP contribution >= 0.6 is 11.6 Å². The van der Waals surface area contributed by atoms with E-state index in [0.29, 0.717) is 17.5 Å². The van der Waals surface area contributed by atoms with E-state index in [-0.39, 0.29) is 11.8 Å². The van der Waals surface area contributed by atoms with Gasteiger partial charge < -0.3 is 20.2 Å². The van der Waals surface area contributed by atoms with Crippen molar-refractivity contribution in [3.63, 3.8) is 0 Å². The molecule has 0 aliphatic heterocycles. The molecule has 3 aromatic carbocycles. The minimum Gasteiger partial charge on any atom is -0.382 e. The van der Waals surface area contributed by atoms with Gasteiger partial charge in [-0.25, -0.2) is 0 Å². The Hall–Kier alpha value is -3.41. The fourth-order valence-corrected chi connectivity index (χ4v) is 5.00. The summed E-state index contributed by atoms with van der Waals surface area (Å²) in [4.78, 5) is 23.2. The number of hydrogen-bond donors (Lipinski definition) is 3. The zero-order chi connectivity index (χ0) is 36.2. The van der Waals surface area contributed by atoms with E-state index in [4.69, 9.17) is 16.4 Å². The summed E-state index contributed by atoms with van der Waals surface area (Å²) in [5, 5.41) is 15.9. The highest BCUT2D eigenvalue weighted by molar-refractivity contribution is 6.31. The van der Waals surface area contributed by atoms with Crippen molar-refractivity contribution in [1.82, 2.24) is 10.3 Å². The SMILES string of the molecule is C=O.CC.CC1CC1.CCCc1c(C(O)c2ccc(CCC(C)CNC(=O)C(C)C)cc2)[nH]c2ccc(Cl)cc12.Cc1ccc(C)cc1. The van der Waals surface area contributed by atoms with Crippen LogP contribution in [0.5, 0.6) is 0 Å². The Balaban J connectivity index is 0.000000590. The van der Waals surface area contributed by atoms with Crippen molar-refractivity contribution in [1.29, 1.82) is 0 Å². The van der Waals surface area contributed by atoms with E-state index in [2.05, 4.69) is 81.3 Å². The number of rotatable bonds is 10. The first-order chi connectivity index (χ1) is 23.0. The molecule has 3 N–H and O–H groups in total. The Morgan fingerprint density at radius 1 is 0.938 bits per heavy atom. The molecule has 5 nitrogen and oxygen atoms in total. The molecular formula is C42H61ClN2O3. The maximum Gasteiger partial charge on any atom is 0.222 e. The smallest absolute Gasteiger partial charge is 0.222 e. The Bertz CT molecular complexity index is 1440. The standard InChI is InChI=1S/C27H35ClN2O2.C8H10.C4H8.C2H6.CH2O/c1-5-6-22-23-15-21(28)13-14-24(23)30-25(22)26(31)20-11-9-19(10-12-20)8-7-18(4)16-29-27(32)17(2)3;1-7-3-5-8(2)6-4-7;1-4-2-3-4;2*1-2/h9-15,17-18,26,30-31H,5-8,16H2,1-4H3,(H,29,32);3-6H,1-2H3;4H,2-3H2,1H3;1-2H3;1H2. The molecule has 0 saturated heterocycles. The monoisotopic (exact) mass is 676 g/mol. The lowest BCUT2D eigenvalue weighted by Gasteiger charge is -2.15. The van der Waals surface area contributed by atoms with E-state index < -0.39 is 6.10 Å². The number of nitrogens with one attached hydrogen (secondary N) is 2. The van der Waals surface area contributed by atoms with Crippen LogP contribution in [-0.2, 0) is 22.4 Å². The summed E-state index contributed by atoms with van der Waals surface area (Å²) < 4.78 is 0. The number of benzene rings is 3. The third-order valence-electron chi connectivity index (χ3n) is 8.13. The number of aliphatic hydroxyl groups is 1. The van der Waals surface area contributed by atoms with Crippen molar-refractivity contribution in [3.8, 4) is 0 Å². The van der Waals surface area contributed by atoms with Gasteiger partial charge in [-0.05, 0) is 79.8 Å². The predicted molar refractivity (Wildman–Crippen MR) is 206 cm³/mol. The molecule has 0 bridgehead atoms. The summed E-state index contributed by atoms with van der Waals surface area (Å²) in [7, 11) is 0. The van der Waals surface area contributed by atoms with Crippen LogP contribution < -0.4 is 5.32 Å². The Morgan fingerprint density at radius 3 is 1.96 bits per heavy atom. The quantitative estimate of drug-likeness (QED) is 0.156. The molecule has 264 valence electrons. The average molecular weight is 677 g/mol. The second-order valence-corrected chi connectivity index (χ2v) is 13.4. The van der Waals surface area contributed by atoms with Crippen molar-refractivity contribution in [2.24, 2.45) is 17.8 Å². The number of fused-ring (bicyclic) bond motifs is 1. The van der Waals surface area contributed by atoms with Crippen LogP contribution in [0, 0.1) is 31.6 Å². The topological polar surface area (TPSA) is 82.2 Å². The van der Waals surface area contributed by atoms with E-state index in [1.54, 1.807) is 0 Å². The molecule has 5 rings (SSSR count). The summed E-state index contributed by atoms with van der Waals surface area (Å²) >= 11 is 6.22. The fraction of sp³-hybridized carbons (Fsp3) is 0.476. The fourth-order valence-electron chi connectivity index (χ4n) is 4.82. The van der Waals surface area contributed by atoms with Gasteiger partial charge in [0.15, 0.2) is 0 Å². The highest BCUT2D eigenvalue weighted by Crippen LogP contribution is 2.33. The van der Waals surface area contributed by atoms with Gasteiger partial charge in [-0.1, -0.05) is 139 Å². The van der Waals surface area contributed by atoms with Crippen molar-refractivity contribution in [2.45, 2.75) is 107 Å². The van der Waals surface area contributed by atoms with Gasteiger partial charge >= 0.3 is 0 Å². The van der Waals surface area contributed by atoms with Crippen LogP contribution in [0.2, 0.25) is 5.02 Å². The molecule has 1 heterocycles. The van der Waals surface area contributed by atoms with Crippen LogP contribution in [0.15, 0.2) is 66.7 Å². The van der Waals surface area contributed by atoms with E-state index >= 15 is 0 Å². The van der Waals surface area contributed by atoms with Crippen LogP contribution in [0.25, 0.3) is 10.9 Å². The molecular weight excluding hydrogens is 616 g/mol. The van der Waals surface area contributed by atoms with Gasteiger partial charge in [-0.3, -0.25) is 4.79 Å². The lowest BCUT2D eigenvalue weighted by Crippen LogP contribution is -2.31. The first-order valence-electron chi connectivity index (χ1n) is 17.6. The number of amides is 1. The van der Waals surface area contributed by atoms with Crippen molar-refractivity contribution in [2.75, 3.05) is 6.54 Å². The number of aromatic nitrogens is 1. The molecule has 6 heteroatoms. The second-order valence-electron chi connectivity index (χ2n) is 13.0. The lowest BCUT2D eigenvalue weighted by atomic mass is 9.96. The number of halogens is 1. The molecule has 1 amide bonds. The molecule has 1 aromatic heterocycles.